The zero-order chi connectivity index (χ0) is 49.8. The molecule has 1 saturated carbocycles. The van der Waals surface area contributed by atoms with E-state index in [9.17, 15) is 39.8 Å². The molecule has 0 aromatic heterocycles. The summed E-state index contributed by atoms with van der Waals surface area (Å²) in [5.74, 6) is -0.579. The molecular weight excluding hydrogens is 884 g/mol. The van der Waals surface area contributed by atoms with Crippen molar-refractivity contribution in [2.75, 3.05) is 19.8 Å². The van der Waals surface area contributed by atoms with Gasteiger partial charge in [0, 0.05) is 13.0 Å². The van der Waals surface area contributed by atoms with Crippen molar-refractivity contribution in [3.8, 4) is 0 Å². The Morgan fingerprint density at radius 3 is 1.22 bits per heavy atom. The molecule has 12 nitrogen and oxygen atoms in total. The van der Waals surface area contributed by atoms with E-state index in [0.29, 0.717) is 19.4 Å². The van der Waals surface area contributed by atoms with E-state index in [-0.39, 0.29) is 13.0 Å². The minimum Gasteiger partial charge on any atom is -0.457 e. The van der Waals surface area contributed by atoms with Crippen molar-refractivity contribution in [3.63, 3.8) is 0 Å². The van der Waals surface area contributed by atoms with Gasteiger partial charge in [-0.15, -0.1) is 0 Å². The van der Waals surface area contributed by atoms with Crippen LogP contribution in [0.25, 0.3) is 0 Å². The lowest BCUT2D eigenvalue weighted by molar-refractivity contribution is -0.220. The van der Waals surface area contributed by atoms with E-state index in [1.54, 1.807) is 0 Å². The van der Waals surface area contributed by atoms with Crippen molar-refractivity contribution in [3.05, 3.63) is 146 Å². The maximum absolute atomic E-state index is 12.8. The molecule has 0 heterocycles. The molecule has 0 amide bonds. The first-order valence-electron chi connectivity index (χ1n) is 24.7. The van der Waals surface area contributed by atoms with E-state index >= 15 is 0 Å². The van der Waals surface area contributed by atoms with Crippen LogP contribution in [0.1, 0.15) is 129 Å². The number of esters is 1. The predicted octanol–water partition coefficient (Wildman–Crippen LogP) is 11.0. The largest absolute Gasteiger partial charge is 0.472 e. The van der Waals surface area contributed by atoms with Gasteiger partial charge < -0.3 is 39.9 Å². The van der Waals surface area contributed by atoms with Crippen molar-refractivity contribution >= 4 is 13.8 Å². The number of hydrogen-bond acceptors (Lipinski definition) is 11. The van der Waals surface area contributed by atoms with Crippen LogP contribution in [-0.4, -0.2) is 98.9 Å². The molecule has 1 aliphatic rings. The van der Waals surface area contributed by atoms with Crippen molar-refractivity contribution < 1.29 is 58.3 Å². The zero-order valence-corrected chi connectivity index (χ0v) is 41.7. The molecule has 0 radical (unpaired) electrons. The Hall–Kier alpha value is -3.78. The molecule has 6 unspecified atom stereocenters. The molecule has 0 spiro atoms. The molecule has 0 aromatic carbocycles. The molecule has 6 N–H and O–H groups in total. The summed E-state index contributed by atoms with van der Waals surface area (Å²) >= 11 is 0. The molecule has 382 valence electrons. The van der Waals surface area contributed by atoms with Gasteiger partial charge in [0.15, 0.2) is 0 Å². The number of aliphatic hydroxyl groups excluding tert-OH is 5. The molecule has 0 aromatic rings. The summed E-state index contributed by atoms with van der Waals surface area (Å²) in [6, 6.07) is 0. The number of carbonyl (C=O) groups is 1. The summed E-state index contributed by atoms with van der Waals surface area (Å²) in [7, 11) is -5.07. The molecule has 0 aliphatic heterocycles. The van der Waals surface area contributed by atoms with Gasteiger partial charge in [0.25, 0.3) is 0 Å². The van der Waals surface area contributed by atoms with Crippen LogP contribution in [0.5, 0.6) is 0 Å². The van der Waals surface area contributed by atoms with Gasteiger partial charge in [-0.25, -0.2) is 4.57 Å². The highest BCUT2D eigenvalue weighted by molar-refractivity contribution is 7.47. The first-order valence-corrected chi connectivity index (χ1v) is 26.2. The van der Waals surface area contributed by atoms with Crippen LogP contribution < -0.4 is 0 Å². The summed E-state index contributed by atoms with van der Waals surface area (Å²) < 4.78 is 34.1. The van der Waals surface area contributed by atoms with Crippen molar-refractivity contribution in [1.29, 1.82) is 0 Å². The highest BCUT2D eigenvalue weighted by atomic mass is 31.2. The van der Waals surface area contributed by atoms with Gasteiger partial charge >= 0.3 is 13.8 Å². The molecule has 1 aliphatic carbocycles. The summed E-state index contributed by atoms with van der Waals surface area (Å²) in [5, 5.41) is 50.3. The number of ether oxygens (including phenoxy) is 2. The average molecular weight is 969 g/mol. The van der Waals surface area contributed by atoms with Crippen LogP contribution in [0.15, 0.2) is 146 Å². The molecule has 6 atom stereocenters. The summed E-state index contributed by atoms with van der Waals surface area (Å²) in [5.41, 5.74) is 0. The number of aliphatic hydroxyl groups is 5. The van der Waals surface area contributed by atoms with Crippen LogP contribution in [0.4, 0.5) is 0 Å². The smallest absolute Gasteiger partial charge is 0.457 e. The van der Waals surface area contributed by atoms with Gasteiger partial charge in [-0.05, 0) is 103 Å². The topological polar surface area (TPSA) is 192 Å². The Kier molecular flexibility index (Phi) is 39.6. The SMILES string of the molecule is CC/C=C\C/C=C\C/C=C\C/C=C\C/C=C\C/C=C\CCCCCOCC(COP(=O)(O)OC1C(O)C(O)C(O)C(O)C1O)OC(=O)CC/C=C\C/C=C\C/C=C\C/C=C\C/C=C\C/C=C\CC. The minimum absolute atomic E-state index is 0.0408. The first-order chi connectivity index (χ1) is 33.0. The molecule has 68 heavy (non-hydrogen) atoms. The fourth-order valence-electron chi connectivity index (χ4n) is 6.38. The molecule has 0 bridgehead atoms. The van der Waals surface area contributed by atoms with Crippen LogP contribution in [0, 0.1) is 0 Å². The van der Waals surface area contributed by atoms with Gasteiger partial charge in [0.05, 0.1) is 13.2 Å². The summed E-state index contributed by atoms with van der Waals surface area (Å²) in [6.45, 7) is 3.84. The third-order valence-corrected chi connectivity index (χ3v) is 11.2. The van der Waals surface area contributed by atoms with E-state index in [1.165, 1.54) is 0 Å². The normalized spacial score (nSPS) is 22.4. The molecule has 1 fully saturated rings. The van der Waals surface area contributed by atoms with E-state index < -0.39 is 63.1 Å². The summed E-state index contributed by atoms with van der Waals surface area (Å²) in [4.78, 5) is 23.2. The van der Waals surface area contributed by atoms with Gasteiger partial charge in [0.1, 0.15) is 42.7 Å². The predicted molar refractivity (Wildman–Crippen MR) is 276 cm³/mol. The number of unbranched alkanes of at least 4 members (excludes halogenated alkanes) is 3. The Labute approximate surface area is 408 Å². The number of allylic oxidation sites excluding steroid dienone is 24. The lowest BCUT2D eigenvalue weighted by atomic mass is 9.85. The fraction of sp³-hybridized carbons (Fsp3) is 0.545. The standard InChI is InChI=1S/C55H85O12P/c1-3-5-7-9-11-13-15-17-19-21-23-24-25-27-29-31-33-35-37-39-41-43-45-64-46-48(47-65-68(62,63)67-55-53(60)51(58)50(57)52(59)54(55)61)66-49(56)44-42-40-38-36-34-32-30-28-26-22-20-18-16-14-12-10-8-6-4-2/h5-8,11-14,17-20,23-24,26-29,32-35,38,40,48,50-55,57-61H,3-4,9-10,15-16,21-22,25,30-31,36-37,39,41-47H2,1-2H3,(H,62,63)/b7-5-,8-6-,13-11-,14-12-,19-17-,20-18-,24-23-,28-26-,29-27-,34-32-,35-33-,40-38-. The number of rotatable bonds is 39. The van der Waals surface area contributed by atoms with Crippen LogP contribution in [0.2, 0.25) is 0 Å². The highest BCUT2D eigenvalue weighted by Gasteiger charge is 2.51. The van der Waals surface area contributed by atoms with Crippen molar-refractivity contribution in [1.82, 2.24) is 0 Å². The van der Waals surface area contributed by atoms with Crippen LogP contribution in [0.3, 0.4) is 0 Å². The quantitative estimate of drug-likeness (QED) is 0.0148. The second-order valence-corrected chi connectivity index (χ2v) is 17.6. The monoisotopic (exact) mass is 969 g/mol. The Morgan fingerprint density at radius 1 is 0.471 bits per heavy atom. The average Bonchev–Trinajstić information content (AvgIpc) is 3.32. The van der Waals surface area contributed by atoms with Crippen LogP contribution >= 0.6 is 7.82 Å². The zero-order valence-electron chi connectivity index (χ0n) is 40.8. The third-order valence-electron chi connectivity index (χ3n) is 10.2. The van der Waals surface area contributed by atoms with Crippen molar-refractivity contribution in [2.45, 2.75) is 172 Å². The molecular formula is C55H85O12P. The third kappa shape index (κ3) is 34.5. The Bertz CT molecular complexity index is 1670. The van der Waals surface area contributed by atoms with E-state index in [0.717, 1.165) is 96.3 Å². The van der Waals surface area contributed by atoms with E-state index in [1.807, 2.05) is 18.2 Å². The molecule has 13 heteroatoms. The Balaban J connectivity index is 2.47. The van der Waals surface area contributed by atoms with Gasteiger partial charge in [-0.3, -0.25) is 13.8 Å². The number of phosphoric ester groups is 1. The molecule has 0 saturated heterocycles. The minimum atomic E-state index is -5.07. The lowest BCUT2D eigenvalue weighted by Crippen LogP contribution is -2.64. The number of hydrogen-bond donors (Lipinski definition) is 6. The first kappa shape index (κ1) is 62.2. The Morgan fingerprint density at radius 2 is 0.824 bits per heavy atom. The van der Waals surface area contributed by atoms with Gasteiger partial charge in [-0.1, -0.05) is 166 Å². The van der Waals surface area contributed by atoms with Gasteiger partial charge in [-0.2, -0.15) is 0 Å². The van der Waals surface area contributed by atoms with E-state index in [2.05, 4.69) is 141 Å². The number of phosphoric acid groups is 1. The highest BCUT2D eigenvalue weighted by Crippen LogP contribution is 2.47. The maximum atomic E-state index is 12.8. The second kappa shape index (κ2) is 43.3. The van der Waals surface area contributed by atoms with Crippen molar-refractivity contribution in [2.24, 2.45) is 0 Å². The van der Waals surface area contributed by atoms with Gasteiger partial charge in [0.2, 0.25) is 0 Å². The number of carbonyl (C=O) groups excluding carboxylic acids is 1. The fourth-order valence-corrected chi connectivity index (χ4v) is 7.35. The molecule has 1 rings (SSSR count). The van der Waals surface area contributed by atoms with E-state index in [4.69, 9.17) is 18.5 Å². The maximum Gasteiger partial charge on any atom is 0.472 e. The second-order valence-electron chi connectivity index (χ2n) is 16.2. The lowest BCUT2D eigenvalue weighted by Gasteiger charge is -2.41. The van der Waals surface area contributed by atoms with Crippen LogP contribution in [-0.2, 0) is 27.9 Å². The summed E-state index contributed by atoms with van der Waals surface area (Å²) in [6.07, 6.45) is 53.5.